The van der Waals surface area contributed by atoms with Crippen molar-refractivity contribution in [2.45, 2.75) is 118 Å². The van der Waals surface area contributed by atoms with Gasteiger partial charge in [-0.05, 0) is 78.9 Å². The van der Waals surface area contributed by atoms with Crippen LogP contribution in [0.4, 0.5) is 0 Å². The van der Waals surface area contributed by atoms with Crippen LogP contribution in [-0.2, 0) is 14.3 Å². The third-order valence-corrected chi connectivity index (χ3v) is 10.9. The Morgan fingerprint density at radius 1 is 0.938 bits per heavy atom. The maximum Gasteiger partial charge on any atom is 0.303 e. The zero-order chi connectivity index (χ0) is 23.3. The highest BCUT2D eigenvalue weighted by Gasteiger charge is 2.65. The van der Waals surface area contributed by atoms with Gasteiger partial charge in [0.1, 0.15) is 0 Å². The monoisotopic (exact) mass is 444 g/mol. The fourth-order valence-corrected chi connectivity index (χ4v) is 9.35. The summed E-state index contributed by atoms with van der Waals surface area (Å²) in [7, 11) is 0. The van der Waals surface area contributed by atoms with E-state index in [1.807, 2.05) is 0 Å². The second-order valence-corrected chi connectivity index (χ2v) is 13.1. The molecule has 0 aromatic rings. The predicted molar refractivity (Wildman–Crippen MR) is 129 cm³/mol. The normalized spacial score (nSPS) is 44.5. The van der Waals surface area contributed by atoms with Crippen LogP contribution in [0, 0.1) is 52.3 Å². The van der Waals surface area contributed by atoms with E-state index in [0.717, 1.165) is 24.2 Å². The van der Waals surface area contributed by atoms with Gasteiger partial charge in [0.2, 0.25) is 0 Å². The molecule has 4 fully saturated rings. The van der Waals surface area contributed by atoms with E-state index < -0.39 is 6.10 Å². The van der Waals surface area contributed by atoms with Gasteiger partial charge in [-0.2, -0.15) is 0 Å². The molecule has 0 heterocycles. The van der Waals surface area contributed by atoms with Crippen molar-refractivity contribution in [2.24, 2.45) is 52.3 Å². The number of rotatable bonds is 6. The first-order valence-electron chi connectivity index (χ1n) is 13.8. The second kappa shape index (κ2) is 9.06. The lowest BCUT2D eigenvalue weighted by atomic mass is 9.43. The van der Waals surface area contributed by atoms with Gasteiger partial charge in [-0.1, -0.05) is 66.7 Å². The Hall–Kier alpha value is -0.860. The second-order valence-electron chi connectivity index (χ2n) is 13.1. The Kier molecular flexibility index (Phi) is 6.87. The van der Waals surface area contributed by atoms with Gasteiger partial charge in [0, 0.05) is 18.8 Å². The van der Waals surface area contributed by atoms with Crippen molar-refractivity contribution in [3.05, 3.63) is 0 Å². The van der Waals surface area contributed by atoms with Crippen LogP contribution < -0.4 is 0 Å². The van der Waals surface area contributed by atoms with Crippen molar-refractivity contribution in [2.75, 3.05) is 0 Å². The van der Waals surface area contributed by atoms with E-state index in [-0.39, 0.29) is 28.6 Å². The van der Waals surface area contributed by atoms with E-state index in [9.17, 15) is 9.59 Å². The molecule has 9 atom stereocenters. The molecule has 4 aliphatic rings. The predicted octanol–water partition coefficient (Wildman–Crippen LogP) is 7.22. The molecule has 0 aliphatic heterocycles. The molecular weight excluding hydrogens is 396 g/mol. The molecular formula is C29H48O3. The first-order chi connectivity index (χ1) is 15.1. The lowest BCUT2D eigenvalue weighted by Crippen LogP contribution is -2.62. The highest BCUT2D eigenvalue weighted by molar-refractivity contribution is 5.89. The molecule has 182 valence electrons. The summed E-state index contributed by atoms with van der Waals surface area (Å²) >= 11 is 0. The molecule has 0 saturated heterocycles. The Morgan fingerprint density at radius 2 is 1.66 bits per heavy atom. The number of carbonyl (C=O) groups is 2. The number of hydrogen-bond donors (Lipinski definition) is 0. The first kappa shape index (κ1) is 24.3. The topological polar surface area (TPSA) is 43.4 Å². The molecule has 4 aliphatic carbocycles. The molecule has 0 spiro atoms. The van der Waals surface area contributed by atoms with Crippen LogP contribution >= 0.6 is 0 Å². The van der Waals surface area contributed by atoms with Crippen LogP contribution in [0.25, 0.3) is 0 Å². The molecule has 0 radical (unpaired) electrons. The van der Waals surface area contributed by atoms with Gasteiger partial charge in [-0.3, -0.25) is 9.59 Å². The number of ether oxygens (including phenoxy) is 1. The molecule has 0 N–H and O–H groups in total. The fourth-order valence-electron chi connectivity index (χ4n) is 9.35. The van der Waals surface area contributed by atoms with E-state index in [1.54, 1.807) is 0 Å². The molecule has 4 saturated carbocycles. The average Bonchev–Trinajstić information content (AvgIpc) is 3.07. The summed E-state index contributed by atoms with van der Waals surface area (Å²) in [5.41, 5.74) is 0.423. The molecule has 3 nitrogen and oxygen atoms in total. The smallest absolute Gasteiger partial charge is 0.303 e. The van der Waals surface area contributed by atoms with Crippen LogP contribution in [0.3, 0.4) is 0 Å². The van der Waals surface area contributed by atoms with E-state index in [4.69, 9.17) is 4.74 Å². The fraction of sp³-hybridized carbons (Fsp3) is 0.931. The summed E-state index contributed by atoms with van der Waals surface area (Å²) in [5, 5.41) is 0. The van der Waals surface area contributed by atoms with Gasteiger partial charge >= 0.3 is 5.97 Å². The van der Waals surface area contributed by atoms with Crippen molar-refractivity contribution < 1.29 is 14.3 Å². The molecule has 0 aromatic heterocycles. The van der Waals surface area contributed by atoms with Gasteiger partial charge in [-0.15, -0.1) is 0 Å². The zero-order valence-electron chi connectivity index (χ0n) is 21.6. The van der Waals surface area contributed by atoms with Crippen molar-refractivity contribution in [1.29, 1.82) is 0 Å². The van der Waals surface area contributed by atoms with E-state index in [1.165, 1.54) is 71.1 Å². The molecule has 3 heteroatoms. The number of Topliss-reactive ketones (excluding diaryl/α,β-unsaturated/α-hetero) is 1. The quantitative estimate of drug-likeness (QED) is 0.406. The van der Waals surface area contributed by atoms with Crippen LogP contribution in [0.2, 0.25) is 0 Å². The maximum atomic E-state index is 14.0. The summed E-state index contributed by atoms with van der Waals surface area (Å²) in [6.07, 6.45) is 13.1. The van der Waals surface area contributed by atoms with Gasteiger partial charge in [-0.25, -0.2) is 0 Å². The maximum absolute atomic E-state index is 14.0. The Balaban J connectivity index is 1.59. The van der Waals surface area contributed by atoms with Gasteiger partial charge in [0.15, 0.2) is 11.9 Å². The highest BCUT2D eigenvalue weighted by atomic mass is 16.5. The minimum Gasteiger partial charge on any atom is -0.454 e. The molecule has 0 unspecified atom stereocenters. The number of esters is 1. The number of carbonyl (C=O) groups excluding carboxylic acids is 2. The van der Waals surface area contributed by atoms with E-state index in [2.05, 4.69) is 34.6 Å². The van der Waals surface area contributed by atoms with Crippen LogP contribution in [-0.4, -0.2) is 17.9 Å². The van der Waals surface area contributed by atoms with Crippen molar-refractivity contribution in [3.8, 4) is 0 Å². The number of hydrogen-bond acceptors (Lipinski definition) is 3. The third-order valence-electron chi connectivity index (χ3n) is 10.9. The van der Waals surface area contributed by atoms with E-state index in [0.29, 0.717) is 17.6 Å². The van der Waals surface area contributed by atoms with Crippen LogP contribution in [0.1, 0.15) is 112 Å². The van der Waals surface area contributed by atoms with E-state index >= 15 is 0 Å². The lowest BCUT2D eigenvalue weighted by molar-refractivity contribution is -0.190. The molecule has 32 heavy (non-hydrogen) atoms. The zero-order valence-corrected chi connectivity index (χ0v) is 21.6. The largest absolute Gasteiger partial charge is 0.454 e. The summed E-state index contributed by atoms with van der Waals surface area (Å²) < 4.78 is 5.83. The first-order valence-corrected chi connectivity index (χ1v) is 13.8. The van der Waals surface area contributed by atoms with Gasteiger partial charge in [0.05, 0.1) is 0 Å². The molecule has 0 amide bonds. The summed E-state index contributed by atoms with van der Waals surface area (Å²) in [6, 6.07) is 0. The van der Waals surface area contributed by atoms with Crippen molar-refractivity contribution >= 4 is 11.8 Å². The molecule has 4 rings (SSSR count). The van der Waals surface area contributed by atoms with Gasteiger partial charge in [0.25, 0.3) is 0 Å². The Bertz CT molecular complexity index is 713. The minimum atomic E-state index is -0.496. The SMILES string of the molecule is CC(=O)O[C@H]1C(=O)[C@@H]2[C@H](CC[C@]3(C)[C@@H]([C@H](C)CCCC(C)C)CC[C@@H]23)[C@@]2(C)CCCC[C@H]12. The Labute approximate surface area is 196 Å². The van der Waals surface area contributed by atoms with Gasteiger partial charge < -0.3 is 4.74 Å². The summed E-state index contributed by atoms with van der Waals surface area (Å²) in [4.78, 5) is 26.0. The summed E-state index contributed by atoms with van der Waals surface area (Å²) in [5.74, 6) is 3.56. The lowest BCUT2D eigenvalue weighted by Gasteiger charge is -2.61. The standard InChI is InChI=1S/C29H48O3/c1-18(2)10-9-11-19(3)21-13-14-22-25-23(15-17-29(21,22)6)28(5)16-8-7-12-24(28)27(26(25)31)32-20(4)30/h18-19,21-25,27H,7-17H2,1-6H3/t19-,21-,22+,23+,24-,25+,27-,28-,29-/m1/s1. The summed E-state index contributed by atoms with van der Waals surface area (Å²) in [6.45, 7) is 13.6. The van der Waals surface area contributed by atoms with Crippen molar-refractivity contribution in [3.63, 3.8) is 0 Å². The number of ketones is 1. The molecule has 0 bridgehead atoms. The minimum absolute atomic E-state index is 0.102. The van der Waals surface area contributed by atoms with Crippen molar-refractivity contribution in [1.82, 2.24) is 0 Å². The highest BCUT2D eigenvalue weighted by Crippen LogP contribution is 2.68. The Morgan fingerprint density at radius 3 is 2.34 bits per heavy atom. The van der Waals surface area contributed by atoms with Crippen LogP contribution in [0.15, 0.2) is 0 Å². The molecule has 0 aromatic carbocycles. The average molecular weight is 445 g/mol. The third kappa shape index (κ3) is 3.98. The number of fused-ring (bicyclic) bond motifs is 5. The van der Waals surface area contributed by atoms with Crippen LogP contribution in [0.5, 0.6) is 0 Å².